The lowest BCUT2D eigenvalue weighted by molar-refractivity contribution is -0.122. The number of aromatic nitrogens is 2. The van der Waals surface area contributed by atoms with E-state index in [4.69, 9.17) is 0 Å². The van der Waals surface area contributed by atoms with Crippen LogP contribution in [0.5, 0.6) is 0 Å². The number of carbonyl (C=O) groups is 1. The first kappa shape index (κ1) is 8.95. The van der Waals surface area contributed by atoms with Crippen molar-refractivity contribution in [3.8, 4) is 0 Å². The highest BCUT2D eigenvalue weighted by Gasteiger charge is 2.44. The highest BCUT2D eigenvalue weighted by atomic mass is 16.2. The van der Waals surface area contributed by atoms with Gasteiger partial charge in [-0.05, 0) is 25.2 Å². The number of rotatable bonds is 4. The first-order chi connectivity index (χ1) is 7.34. The van der Waals surface area contributed by atoms with E-state index in [1.807, 2.05) is 6.20 Å². The summed E-state index contributed by atoms with van der Waals surface area (Å²) in [4.78, 5) is 18.7. The van der Waals surface area contributed by atoms with Gasteiger partial charge < -0.3 is 10.3 Å². The summed E-state index contributed by atoms with van der Waals surface area (Å²) in [6.07, 6.45) is 7.04. The molecule has 0 aromatic carbocycles. The molecule has 2 aliphatic rings. The van der Waals surface area contributed by atoms with Gasteiger partial charge in [-0.3, -0.25) is 4.79 Å². The fourth-order valence-corrected chi connectivity index (χ4v) is 2.00. The highest BCUT2D eigenvalue weighted by molar-refractivity contribution is 5.82. The van der Waals surface area contributed by atoms with Crippen LogP contribution < -0.4 is 5.32 Å². The van der Waals surface area contributed by atoms with Crippen LogP contribution in [0.3, 0.4) is 0 Å². The van der Waals surface area contributed by atoms with Gasteiger partial charge in [-0.15, -0.1) is 0 Å². The molecule has 15 heavy (non-hydrogen) atoms. The zero-order valence-corrected chi connectivity index (χ0v) is 8.57. The van der Waals surface area contributed by atoms with Gasteiger partial charge in [0, 0.05) is 30.3 Å². The zero-order chi connectivity index (χ0) is 10.3. The van der Waals surface area contributed by atoms with Crippen LogP contribution in [0.15, 0.2) is 12.5 Å². The lowest BCUT2D eigenvalue weighted by Crippen LogP contribution is -2.27. The lowest BCUT2D eigenvalue weighted by Gasteiger charge is -2.02. The minimum absolute atomic E-state index is 0.184. The van der Waals surface area contributed by atoms with Crippen molar-refractivity contribution >= 4 is 5.91 Å². The number of nitrogens with zero attached hydrogens (tertiary/aromatic N) is 1. The van der Waals surface area contributed by atoms with Crippen molar-refractivity contribution in [2.24, 2.45) is 11.8 Å². The van der Waals surface area contributed by atoms with Crippen LogP contribution in [0.25, 0.3) is 0 Å². The van der Waals surface area contributed by atoms with Crippen molar-refractivity contribution < 1.29 is 4.79 Å². The largest absolute Gasteiger partial charge is 0.356 e. The maximum atomic E-state index is 11.7. The van der Waals surface area contributed by atoms with Crippen LogP contribution in [-0.2, 0) is 4.79 Å². The van der Waals surface area contributed by atoms with Crippen molar-refractivity contribution in [2.45, 2.75) is 25.2 Å². The molecule has 3 rings (SSSR count). The minimum atomic E-state index is 0.184. The summed E-state index contributed by atoms with van der Waals surface area (Å²) in [7, 11) is 0. The van der Waals surface area contributed by atoms with E-state index in [-0.39, 0.29) is 11.8 Å². The molecular formula is C11H15N3O. The quantitative estimate of drug-likeness (QED) is 0.771. The maximum Gasteiger partial charge on any atom is 0.223 e. The first-order valence-electron chi connectivity index (χ1n) is 5.60. The number of aromatic amines is 1. The molecule has 2 fully saturated rings. The molecule has 0 saturated heterocycles. The molecule has 2 N–H and O–H groups in total. The number of nitrogens with one attached hydrogen (secondary N) is 2. The Balaban J connectivity index is 1.50. The van der Waals surface area contributed by atoms with E-state index >= 15 is 0 Å². The predicted molar refractivity (Wildman–Crippen MR) is 55.2 cm³/mol. The minimum Gasteiger partial charge on any atom is -0.356 e. The summed E-state index contributed by atoms with van der Waals surface area (Å²) in [5.74, 6) is 1.55. The summed E-state index contributed by atoms with van der Waals surface area (Å²) < 4.78 is 0. The van der Waals surface area contributed by atoms with Gasteiger partial charge in [0.15, 0.2) is 0 Å². The van der Waals surface area contributed by atoms with Gasteiger partial charge in [0.1, 0.15) is 0 Å². The molecule has 80 valence electrons. The Morgan fingerprint density at radius 2 is 2.47 bits per heavy atom. The first-order valence-corrected chi connectivity index (χ1v) is 5.60. The summed E-state index contributed by atoms with van der Waals surface area (Å²) in [6, 6.07) is 0. The SMILES string of the molecule is O=C(NCC1CC1)[C@@H]1C[C@H]1c1cnc[nH]1. The van der Waals surface area contributed by atoms with Crippen LogP contribution in [0.4, 0.5) is 0 Å². The molecule has 0 aliphatic heterocycles. The fraction of sp³-hybridized carbons (Fsp3) is 0.636. The van der Waals surface area contributed by atoms with Crippen LogP contribution in [-0.4, -0.2) is 22.4 Å². The molecule has 2 aliphatic carbocycles. The molecule has 2 atom stereocenters. The monoisotopic (exact) mass is 205 g/mol. The van der Waals surface area contributed by atoms with Gasteiger partial charge in [-0.1, -0.05) is 0 Å². The Labute approximate surface area is 88.5 Å². The van der Waals surface area contributed by atoms with E-state index in [0.29, 0.717) is 5.92 Å². The van der Waals surface area contributed by atoms with Crippen LogP contribution in [0.1, 0.15) is 30.9 Å². The Hall–Kier alpha value is -1.32. The second-order valence-electron chi connectivity index (χ2n) is 4.64. The molecule has 1 amide bonds. The second kappa shape index (κ2) is 3.36. The van der Waals surface area contributed by atoms with Crippen molar-refractivity contribution in [1.82, 2.24) is 15.3 Å². The molecule has 0 bridgehead atoms. The van der Waals surface area contributed by atoms with Gasteiger partial charge in [0.25, 0.3) is 0 Å². The van der Waals surface area contributed by atoms with E-state index in [1.165, 1.54) is 12.8 Å². The average molecular weight is 205 g/mol. The normalized spacial score (nSPS) is 28.8. The molecule has 2 saturated carbocycles. The standard InChI is InChI=1S/C11H15N3O/c15-11(13-4-7-1-2-7)9-3-8(9)10-5-12-6-14-10/h5-9H,1-4H2,(H,12,14)(H,13,15)/t8-,9-/m1/s1. The van der Waals surface area contributed by atoms with Crippen molar-refractivity contribution in [1.29, 1.82) is 0 Å². The molecule has 4 heteroatoms. The van der Waals surface area contributed by atoms with Crippen LogP contribution in [0.2, 0.25) is 0 Å². The average Bonchev–Trinajstić information content (AvgIpc) is 3.16. The number of H-pyrrole nitrogens is 1. The van der Waals surface area contributed by atoms with Gasteiger partial charge in [0.2, 0.25) is 5.91 Å². The molecular weight excluding hydrogens is 190 g/mol. The van der Waals surface area contributed by atoms with E-state index < -0.39 is 0 Å². The van der Waals surface area contributed by atoms with Crippen LogP contribution in [0, 0.1) is 11.8 Å². The van der Waals surface area contributed by atoms with Gasteiger partial charge >= 0.3 is 0 Å². The smallest absolute Gasteiger partial charge is 0.223 e. The lowest BCUT2D eigenvalue weighted by atomic mass is 10.2. The molecule has 0 radical (unpaired) electrons. The molecule has 4 nitrogen and oxygen atoms in total. The number of hydrogen-bond donors (Lipinski definition) is 2. The van der Waals surface area contributed by atoms with Crippen LogP contribution >= 0.6 is 0 Å². The van der Waals surface area contributed by atoms with Crippen molar-refractivity contribution in [2.75, 3.05) is 6.54 Å². The van der Waals surface area contributed by atoms with E-state index in [0.717, 1.165) is 24.6 Å². The Bertz CT molecular complexity index is 356. The van der Waals surface area contributed by atoms with Gasteiger partial charge in [-0.2, -0.15) is 0 Å². The van der Waals surface area contributed by atoms with E-state index in [9.17, 15) is 4.79 Å². The summed E-state index contributed by atoms with van der Waals surface area (Å²) in [5, 5.41) is 3.03. The second-order valence-corrected chi connectivity index (χ2v) is 4.64. The Morgan fingerprint density at radius 3 is 3.13 bits per heavy atom. The van der Waals surface area contributed by atoms with Gasteiger partial charge in [-0.25, -0.2) is 4.98 Å². The molecule has 1 heterocycles. The Morgan fingerprint density at radius 1 is 1.60 bits per heavy atom. The van der Waals surface area contributed by atoms with Gasteiger partial charge in [0.05, 0.1) is 6.33 Å². The number of carbonyl (C=O) groups excluding carboxylic acids is 1. The predicted octanol–water partition coefficient (Wildman–Crippen LogP) is 1.04. The number of amides is 1. The molecule has 1 aromatic heterocycles. The third-order valence-corrected chi connectivity index (χ3v) is 3.31. The van der Waals surface area contributed by atoms with E-state index in [1.54, 1.807) is 6.33 Å². The molecule has 0 unspecified atom stereocenters. The highest BCUT2D eigenvalue weighted by Crippen LogP contribution is 2.46. The maximum absolute atomic E-state index is 11.7. The third kappa shape index (κ3) is 1.89. The summed E-state index contributed by atoms with van der Waals surface area (Å²) in [6.45, 7) is 0.880. The summed E-state index contributed by atoms with van der Waals surface area (Å²) in [5.41, 5.74) is 1.10. The Kier molecular flexibility index (Phi) is 2.01. The molecule has 1 aromatic rings. The number of hydrogen-bond acceptors (Lipinski definition) is 2. The molecule has 0 spiro atoms. The summed E-state index contributed by atoms with van der Waals surface area (Å²) >= 11 is 0. The van der Waals surface area contributed by atoms with Crippen molar-refractivity contribution in [3.05, 3.63) is 18.2 Å². The fourth-order valence-electron chi connectivity index (χ4n) is 2.00. The third-order valence-electron chi connectivity index (χ3n) is 3.31. The topological polar surface area (TPSA) is 57.8 Å². The zero-order valence-electron chi connectivity index (χ0n) is 8.57. The van der Waals surface area contributed by atoms with Crippen molar-refractivity contribution in [3.63, 3.8) is 0 Å². The van der Waals surface area contributed by atoms with E-state index in [2.05, 4.69) is 15.3 Å². The number of imidazole rings is 1.